The van der Waals surface area contributed by atoms with Crippen LogP contribution in [0.25, 0.3) is 6.08 Å². The standard InChI is InChI=1S/C21H22N2O4/c1-25-11-10-23-21(24)18(14-22)12-17-8-9-19(20(13-17)26-2)27-15-16-6-4-3-5-7-16/h3-9,12-13H,10-11,15H2,1-2H3,(H,23,24). The van der Waals surface area contributed by atoms with Crippen molar-refractivity contribution in [2.75, 3.05) is 27.4 Å². The lowest BCUT2D eigenvalue weighted by Gasteiger charge is -2.11. The predicted octanol–water partition coefficient (Wildman–Crippen LogP) is 2.94. The molecule has 0 aliphatic heterocycles. The van der Waals surface area contributed by atoms with Crippen LogP contribution >= 0.6 is 0 Å². The van der Waals surface area contributed by atoms with E-state index >= 15 is 0 Å². The summed E-state index contributed by atoms with van der Waals surface area (Å²) in [5.41, 5.74) is 1.71. The second-order valence-electron chi connectivity index (χ2n) is 5.60. The van der Waals surface area contributed by atoms with Gasteiger partial charge in [-0.1, -0.05) is 36.4 Å². The van der Waals surface area contributed by atoms with Crippen LogP contribution in [0.4, 0.5) is 0 Å². The average molecular weight is 366 g/mol. The van der Waals surface area contributed by atoms with E-state index in [0.717, 1.165) is 5.56 Å². The zero-order valence-corrected chi connectivity index (χ0v) is 15.4. The summed E-state index contributed by atoms with van der Waals surface area (Å²) in [6.45, 7) is 1.13. The summed E-state index contributed by atoms with van der Waals surface area (Å²) in [6.07, 6.45) is 1.51. The highest BCUT2D eigenvalue weighted by Gasteiger charge is 2.10. The van der Waals surface area contributed by atoms with Crippen molar-refractivity contribution in [1.29, 1.82) is 5.26 Å². The number of hydrogen-bond donors (Lipinski definition) is 1. The van der Waals surface area contributed by atoms with Crippen molar-refractivity contribution in [3.63, 3.8) is 0 Å². The van der Waals surface area contributed by atoms with Gasteiger partial charge in [0, 0.05) is 13.7 Å². The number of methoxy groups -OCH3 is 2. The molecule has 0 saturated heterocycles. The van der Waals surface area contributed by atoms with Gasteiger partial charge in [-0.2, -0.15) is 5.26 Å². The number of nitrogens with one attached hydrogen (secondary N) is 1. The first-order valence-corrected chi connectivity index (χ1v) is 8.41. The molecule has 0 saturated carbocycles. The third kappa shape index (κ3) is 6.17. The lowest BCUT2D eigenvalue weighted by Crippen LogP contribution is -2.27. The summed E-state index contributed by atoms with van der Waals surface area (Å²) in [5.74, 6) is 0.663. The Morgan fingerprint density at radius 1 is 1.15 bits per heavy atom. The van der Waals surface area contributed by atoms with E-state index in [0.29, 0.717) is 36.8 Å². The molecule has 2 aromatic rings. The molecular weight excluding hydrogens is 344 g/mol. The highest BCUT2D eigenvalue weighted by molar-refractivity contribution is 6.01. The van der Waals surface area contributed by atoms with Gasteiger partial charge in [0.15, 0.2) is 11.5 Å². The predicted molar refractivity (Wildman–Crippen MR) is 102 cm³/mol. The number of hydrogen-bond acceptors (Lipinski definition) is 5. The van der Waals surface area contributed by atoms with Crippen LogP contribution in [0.15, 0.2) is 54.1 Å². The number of rotatable bonds is 9. The van der Waals surface area contributed by atoms with Crippen molar-refractivity contribution in [2.45, 2.75) is 6.61 Å². The first-order valence-electron chi connectivity index (χ1n) is 8.41. The van der Waals surface area contributed by atoms with Crippen molar-refractivity contribution in [3.8, 4) is 17.6 Å². The number of ether oxygens (including phenoxy) is 3. The van der Waals surface area contributed by atoms with E-state index in [-0.39, 0.29) is 5.57 Å². The van der Waals surface area contributed by atoms with Crippen LogP contribution in [0.1, 0.15) is 11.1 Å². The minimum absolute atomic E-state index is 0.00566. The maximum Gasteiger partial charge on any atom is 0.262 e. The fourth-order valence-corrected chi connectivity index (χ4v) is 2.31. The number of amides is 1. The van der Waals surface area contributed by atoms with E-state index < -0.39 is 5.91 Å². The van der Waals surface area contributed by atoms with Crippen molar-refractivity contribution in [3.05, 3.63) is 65.2 Å². The van der Waals surface area contributed by atoms with Crippen molar-refractivity contribution < 1.29 is 19.0 Å². The van der Waals surface area contributed by atoms with E-state index in [1.165, 1.54) is 6.08 Å². The third-order valence-corrected chi connectivity index (χ3v) is 3.69. The molecule has 0 atom stereocenters. The van der Waals surface area contributed by atoms with Gasteiger partial charge in [0.1, 0.15) is 18.2 Å². The average Bonchev–Trinajstić information content (AvgIpc) is 2.71. The van der Waals surface area contributed by atoms with E-state index in [2.05, 4.69) is 5.32 Å². The van der Waals surface area contributed by atoms with E-state index in [4.69, 9.17) is 14.2 Å². The van der Waals surface area contributed by atoms with Gasteiger partial charge in [-0.3, -0.25) is 4.79 Å². The topological polar surface area (TPSA) is 80.6 Å². The molecule has 27 heavy (non-hydrogen) atoms. The van der Waals surface area contributed by atoms with Gasteiger partial charge in [0.2, 0.25) is 0 Å². The fraction of sp³-hybridized carbons (Fsp3) is 0.238. The Morgan fingerprint density at radius 2 is 1.93 bits per heavy atom. The molecule has 0 aromatic heterocycles. The van der Waals surface area contributed by atoms with Gasteiger partial charge in [0.05, 0.1) is 13.7 Å². The maximum atomic E-state index is 12.0. The monoisotopic (exact) mass is 366 g/mol. The maximum absolute atomic E-state index is 12.0. The molecule has 2 rings (SSSR count). The largest absolute Gasteiger partial charge is 0.493 e. The Kier molecular flexibility index (Phi) is 7.89. The summed E-state index contributed by atoms with van der Waals surface area (Å²) in [7, 11) is 3.09. The molecule has 0 fully saturated rings. The third-order valence-electron chi connectivity index (χ3n) is 3.69. The summed E-state index contributed by atoms with van der Waals surface area (Å²) in [5, 5.41) is 11.9. The molecular formula is C21H22N2O4. The zero-order valence-electron chi connectivity index (χ0n) is 15.4. The molecule has 0 unspecified atom stereocenters. The molecule has 140 valence electrons. The molecule has 0 spiro atoms. The Bertz CT molecular complexity index is 826. The van der Waals surface area contributed by atoms with E-state index in [9.17, 15) is 10.1 Å². The van der Waals surface area contributed by atoms with Crippen LogP contribution in [-0.2, 0) is 16.1 Å². The summed E-state index contributed by atoms with van der Waals surface area (Å²) in [4.78, 5) is 12.0. The molecule has 1 N–H and O–H groups in total. The van der Waals surface area contributed by atoms with Gasteiger partial charge in [-0.15, -0.1) is 0 Å². The molecule has 0 radical (unpaired) electrons. The van der Waals surface area contributed by atoms with Crippen LogP contribution in [0.3, 0.4) is 0 Å². The molecule has 6 heteroatoms. The Hall–Kier alpha value is -3.30. The van der Waals surface area contributed by atoms with Crippen LogP contribution in [0.5, 0.6) is 11.5 Å². The molecule has 0 heterocycles. The smallest absolute Gasteiger partial charge is 0.262 e. The minimum atomic E-state index is -0.446. The summed E-state index contributed by atoms with van der Waals surface area (Å²) < 4.78 is 16.1. The Balaban J connectivity index is 2.11. The van der Waals surface area contributed by atoms with E-state index in [1.807, 2.05) is 36.4 Å². The zero-order chi connectivity index (χ0) is 19.5. The van der Waals surface area contributed by atoms with Gasteiger partial charge in [0.25, 0.3) is 5.91 Å². The molecule has 0 aliphatic carbocycles. The Morgan fingerprint density at radius 3 is 2.59 bits per heavy atom. The highest BCUT2D eigenvalue weighted by Crippen LogP contribution is 2.29. The van der Waals surface area contributed by atoms with E-state index in [1.54, 1.807) is 32.4 Å². The van der Waals surface area contributed by atoms with Crippen molar-refractivity contribution >= 4 is 12.0 Å². The van der Waals surface area contributed by atoms with Gasteiger partial charge in [-0.25, -0.2) is 0 Å². The molecule has 1 amide bonds. The van der Waals surface area contributed by atoms with Crippen LogP contribution in [-0.4, -0.2) is 33.3 Å². The molecule has 0 bridgehead atoms. The second kappa shape index (κ2) is 10.6. The quantitative estimate of drug-likeness (QED) is 0.419. The number of benzene rings is 2. The summed E-state index contributed by atoms with van der Waals surface area (Å²) >= 11 is 0. The van der Waals surface area contributed by atoms with Crippen LogP contribution in [0.2, 0.25) is 0 Å². The fourth-order valence-electron chi connectivity index (χ4n) is 2.31. The van der Waals surface area contributed by atoms with Crippen molar-refractivity contribution in [2.24, 2.45) is 0 Å². The van der Waals surface area contributed by atoms with Gasteiger partial charge < -0.3 is 19.5 Å². The first kappa shape index (κ1) is 20.0. The summed E-state index contributed by atoms with van der Waals surface area (Å²) in [6, 6.07) is 17.0. The van der Waals surface area contributed by atoms with Gasteiger partial charge >= 0.3 is 0 Å². The van der Waals surface area contributed by atoms with Crippen LogP contribution < -0.4 is 14.8 Å². The SMILES string of the molecule is COCCNC(=O)C(C#N)=Cc1ccc(OCc2ccccc2)c(OC)c1. The van der Waals surface area contributed by atoms with Gasteiger partial charge in [-0.05, 0) is 29.3 Å². The van der Waals surface area contributed by atoms with Crippen molar-refractivity contribution in [1.82, 2.24) is 5.32 Å². The number of nitriles is 1. The normalized spacial score (nSPS) is 10.8. The Labute approximate surface area is 159 Å². The molecule has 6 nitrogen and oxygen atoms in total. The first-order chi connectivity index (χ1) is 13.2. The molecule has 2 aromatic carbocycles. The highest BCUT2D eigenvalue weighted by atomic mass is 16.5. The lowest BCUT2D eigenvalue weighted by molar-refractivity contribution is -0.117. The number of nitrogens with zero attached hydrogens (tertiary/aromatic N) is 1. The minimum Gasteiger partial charge on any atom is -0.493 e. The number of carbonyl (C=O) groups excluding carboxylic acids is 1. The lowest BCUT2D eigenvalue weighted by atomic mass is 10.1. The van der Waals surface area contributed by atoms with Crippen LogP contribution in [0, 0.1) is 11.3 Å². The second-order valence-corrected chi connectivity index (χ2v) is 5.60. The molecule has 0 aliphatic rings. The number of carbonyl (C=O) groups is 1.